The smallest absolute Gasteiger partial charge is 0.243 e. The molecule has 0 aliphatic carbocycles. The molecule has 0 radical (unpaired) electrons. The molecule has 0 aromatic carbocycles. The topological polar surface area (TPSA) is 57.6 Å². The Morgan fingerprint density at radius 1 is 1.47 bits per heavy atom. The Morgan fingerprint density at radius 3 is 2.47 bits per heavy atom. The van der Waals surface area contributed by atoms with Gasteiger partial charge in [-0.1, -0.05) is 0 Å². The zero-order chi connectivity index (χ0) is 11.6. The Labute approximate surface area is 94.2 Å². The third kappa shape index (κ3) is 2.57. The van der Waals surface area contributed by atoms with E-state index < -0.39 is 10.0 Å². The SMILES string of the molecule is Cc1cc(S(=O)(=O)N(C)CCO)c(C)s1. The molecule has 1 N–H and O–H groups in total. The number of sulfonamides is 1. The first kappa shape index (κ1) is 12.6. The lowest BCUT2D eigenvalue weighted by molar-refractivity contribution is 0.266. The van der Waals surface area contributed by atoms with Gasteiger partial charge in [-0.15, -0.1) is 11.3 Å². The molecule has 0 unspecified atom stereocenters. The van der Waals surface area contributed by atoms with E-state index in [1.54, 1.807) is 13.0 Å². The molecule has 1 heterocycles. The molecule has 1 aromatic rings. The number of rotatable bonds is 4. The molecule has 0 saturated carbocycles. The van der Waals surface area contributed by atoms with Gasteiger partial charge in [-0.3, -0.25) is 0 Å². The predicted octanol–water partition coefficient (Wildman–Crippen LogP) is 0.978. The monoisotopic (exact) mass is 249 g/mol. The zero-order valence-corrected chi connectivity index (χ0v) is 10.7. The molecular formula is C9H15NO3S2. The van der Waals surface area contributed by atoms with Gasteiger partial charge in [-0.2, -0.15) is 4.31 Å². The molecule has 4 nitrogen and oxygen atoms in total. The molecule has 1 rings (SSSR count). The van der Waals surface area contributed by atoms with Gasteiger partial charge in [0, 0.05) is 23.3 Å². The normalized spacial score (nSPS) is 12.3. The van der Waals surface area contributed by atoms with Gasteiger partial charge in [0.05, 0.1) is 11.5 Å². The molecule has 0 saturated heterocycles. The van der Waals surface area contributed by atoms with Crippen molar-refractivity contribution in [3.8, 4) is 0 Å². The summed E-state index contributed by atoms with van der Waals surface area (Å²) in [4.78, 5) is 2.11. The first-order valence-electron chi connectivity index (χ1n) is 4.54. The van der Waals surface area contributed by atoms with E-state index in [9.17, 15) is 8.42 Å². The third-order valence-corrected chi connectivity index (χ3v) is 5.18. The van der Waals surface area contributed by atoms with E-state index in [0.29, 0.717) is 4.90 Å². The van der Waals surface area contributed by atoms with Gasteiger partial charge in [0.1, 0.15) is 0 Å². The van der Waals surface area contributed by atoms with Crippen molar-refractivity contribution in [2.45, 2.75) is 18.7 Å². The molecule has 0 amide bonds. The standard InChI is InChI=1S/C9H15NO3S2/c1-7-6-9(8(2)14-7)15(12,13)10(3)4-5-11/h6,11H,4-5H2,1-3H3. The molecule has 0 aliphatic heterocycles. The Bertz CT molecular complexity index is 436. The number of aliphatic hydroxyl groups excluding tert-OH is 1. The van der Waals surface area contributed by atoms with Crippen LogP contribution in [0.15, 0.2) is 11.0 Å². The summed E-state index contributed by atoms with van der Waals surface area (Å²) in [5.41, 5.74) is 0. The highest BCUT2D eigenvalue weighted by atomic mass is 32.2. The van der Waals surface area contributed by atoms with E-state index in [1.165, 1.54) is 22.7 Å². The van der Waals surface area contributed by atoms with Crippen LogP contribution < -0.4 is 0 Å². The highest BCUT2D eigenvalue weighted by Crippen LogP contribution is 2.26. The van der Waals surface area contributed by atoms with Crippen LogP contribution in [0.3, 0.4) is 0 Å². The van der Waals surface area contributed by atoms with Crippen LogP contribution >= 0.6 is 11.3 Å². The van der Waals surface area contributed by atoms with Crippen molar-refractivity contribution in [1.29, 1.82) is 0 Å². The molecule has 1 aromatic heterocycles. The first-order chi connectivity index (χ1) is 6.89. The number of likely N-dealkylation sites (N-methyl/N-ethyl adjacent to an activating group) is 1. The molecule has 0 atom stereocenters. The highest BCUT2D eigenvalue weighted by molar-refractivity contribution is 7.89. The number of thiophene rings is 1. The molecule has 0 fully saturated rings. The van der Waals surface area contributed by atoms with Crippen molar-refractivity contribution in [3.05, 3.63) is 15.8 Å². The first-order valence-corrected chi connectivity index (χ1v) is 6.79. The Kier molecular flexibility index (Phi) is 3.88. The van der Waals surface area contributed by atoms with Gasteiger partial charge in [-0.05, 0) is 19.9 Å². The van der Waals surface area contributed by atoms with Crippen LogP contribution in [0.1, 0.15) is 9.75 Å². The Hall–Kier alpha value is -0.430. The van der Waals surface area contributed by atoms with E-state index >= 15 is 0 Å². The zero-order valence-electron chi connectivity index (χ0n) is 9.02. The van der Waals surface area contributed by atoms with Gasteiger partial charge >= 0.3 is 0 Å². The summed E-state index contributed by atoms with van der Waals surface area (Å²) >= 11 is 1.46. The Balaban J connectivity index is 3.11. The summed E-state index contributed by atoms with van der Waals surface area (Å²) in [5, 5.41) is 8.72. The molecule has 6 heteroatoms. The molecule has 0 spiro atoms. The fraction of sp³-hybridized carbons (Fsp3) is 0.556. The lowest BCUT2D eigenvalue weighted by Gasteiger charge is -2.15. The van der Waals surface area contributed by atoms with E-state index in [1.807, 2.05) is 6.92 Å². The van der Waals surface area contributed by atoms with Crippen LogP contribution in [-0.4, -0.2) is 38.0 Å². The maximum Gasteiger partial charge on any atom is 0.243 e. The number of hydrogen-bond donors (Lipinski definition) is 1. The van der Waals surface area contributed by atoms with Crippen LogP contribution in [0, 0.1) is 13.8 Å². The fourth-order valence-electron chi connectivity index (χ4n) is 1.29. The van der Waals surface area contributed by atoms with Crippen LogP contribution in [0.5, 0.6) is 0 Å². The minimum Gasteiger partial charge on any atom is -0.395 e. The summed E-state index contributed by atoms with van der Waals surface area (Å²) < 4.78 is 25.1. The van der Waals surface area contributed by atoms with Gasteiger partial charge in [0.2, 0.25) is 10.0 Å². The van der Waals surface area contributed by atoms with E-state index in [2.05, 4.69) is 0 Å². The predicted molar refractivity (Wildman–Crippen MR) is 60.7 cm³/mol. The second-order valence-electron chi connectivity index (χ2n) is 3.33. The molecule has 86 valence electrons. The fourth-order valence-corrected chi connectivity index (χ4v) is 3.97. The van der Waals surface area contributed by atoms with E-state index in [4.69, 9.17) is 5.11 Å². The molecule has 0 bridgehead atoms. The van der Waals surface area contributed by atoms with Crippen LogP contribution in [0.25, 0.3) is 0 Å². The minimum atomic E-state index is -3.43. The molecular weight excluding hydrogens is 234 g/mol. The average Bonchev–Trinajstić information content (AvgIpc) is 2.46. The van der Waals surface area contributed by atoms with Crippen molar-refractivity contribution < 1.29 is 13.5 Å². The maximum absolute atomic E-state index is 12.0. The van der Waals surface area contributed by atoms with E-state index in [0.717, 1.165) is 9.75 Å². The van der Waals surface area contributed by atoms with Crippen LogP contribution in [-0.2, 0) is 10.0 Å². The number of hydrogen-bond acceptors (Lipinski definition) is 4. The van der Waals surface area contributed by atoms with Gasteiger partial charge in [-0.25, -0.2) is 8.42 Å². The Morgan fingerprint density at radius 2 is 2.07 bits per heavy atom. The summed E-state index contributed by atoms with van der Waals surface area (Å²) in [7, 11) is -1.96. The largest absolute Gasteiger partial charge is 0.395 e. The minimum absolute atomic E-state index is 0.122. The quantitative estimate of drug-likeness (QED) is 0.865. The van der Waals surface area contributed by atoms with Crippen molar-refractivity contribution in [2.24, 2.45) is 0 Å². The second kappa shape index (κ2) is 4.61. The number of aliphatic hydroxyl groups is 1. The second-order valence-corrected chi connectivity index (χ2v) is 6.80. The lowest BCUT2D eigenvalue weighted by Crippen LogP contribution is -2.29. The van der Waals surface area contributed by atoms with Crippen molar-refractivity contribution in [3.63, 3.8) is 0 Å². The molecule has 15 heavy (non-hydrogen) atoms. The lowest BCUT2D eigenvalue weighted by atomic mass is 10.4. The van der Waals surface area contributed by atoms with E-state index in [-0.39, 0.29) is 13.2 Å². The van der Waals surface area contributed by atoms with Crippen LogP contribution in [0.2, 0.25) is 0 Å². The van der Waals surface area contributed by atoms with Gasteiger partial charge in [0.25, 0.3) is 0 Å². The summed E-state index contributed by atoms with van der Waals surface area (Å²) in [6.45, 7) is 3.62. The maximum atomic E-state index is 12.0. The average molecular weight is 249 g/mol. The molecule has 0 aliphatic rings. The van der Waals surface area contributed by atoms with Crippen LogP contribution in [0.4, 0.5) is 0 Å². The summed E-state index contributed by atoms with van der Waals surface area (Å²) in [6.07, 6.45) is 0. The van der Waals surface area contributed by atoms with Gasteiger partial charge < -0.3 is 5.11 Å². The van der Waals surface area contributed by atoms with Crippen molar-refractivity contribution >= 4 is 21.4 Å². The third-order valence-electron chi connectivity index (χ3n) is 2.10. The number of nitrogens with zero attached hydrogens (tertiary/aromatic N) is 1. The summed E-state index contributed by atoms with van der Waals surface area (Å²) in [5.74, 6) is 0. The number of aryl methyl sites for hydroxylation is 2. The van der Waals surface area contributed by atoms with Crippen molar-refractivity contribution in [1.82, 2.24) is 4.31 Å². The summed E-state index contributed by atoms with van der Waals surface area (Å²) in [6, 6.07) is 1.67. The highest BCUT2D eigenvalue weighted by Gasteiger charge is 2.23. The van der Waals surface area contributed by atoms with Gasteiger partial charge in [0.15, 0.2) is 0 Å². The van der Waals surface area contributed by atoms with Crippen molar-refractivity contribution in [2.75, 3.05) is 20.2 Å².